The number of piperidine rings is 1. The largest absolute Gasteiger partial charge is 0.466 e. The van der Waals surface area contributed by atoms with Gasteiger partial charge in [0.05, 0.1) is 30.7 Å². The van der Waals surface area contributed by atoms with Crippen LogP contribution in [0.1, 0.15) is 51.5 Å². The molecule has 0 saturated carbocycles. The summed E-state index contributed by atoms with van der Waals surface area (Å²) in [7, 11) is 0. The topological polar surface area (TPSA) is 66.9 Å². The fourth-order valence-electron chi connectivity index (χ4n) is 3.92. The maximum atomic E-state index is 13.0. The van der Waals surface area contributed by atoms with E-state index in [1.165, 1.54) is 10.5 Å². The molecule has 0 N–H and O–H groups in total. The van der Waals surface area contributed by atoms with Gasteiger partial charge in [-0.3, -0.25) is 19.3 Å². The van der Waals surface area contributed by atoms with E-state index in [1.807, 2.05) is 29.2 Å². The minimum Gasteiger partial charge on any atom is -0.466 e. The van der Waals surface area contributed by atoms with Crippen molar-refractivity contribution in [1.29, 1.82) is 0 Å². The van der Waals surface area contributed by atoms with Crippen molar-refractivity contribution >= 4 is 23.5 Å². The van der Waals surface area contributed by atoms with Gasteiger partial charge in [-0.25, -0.2) is 4.90 Å². The van der Waals surface area contributed by atoms with Gasteiger partial charge in [-0.2, -0.15) is 0 Å². The number of benzene rings is 1. The zero-order valence-corrected chi connectivity index (χ0v) is 16.3. The van der Waals surface area contributed by atoms with Crippen LogP contribution >= 0.6 is 0 Å². The average Bonchev–Trinajstić information content (AvgIpc) is 2.96. The van der Waals surface area contributed by atoms with Gasteiger partial charge in [-0.1, -0.05) is 26.0 Å². The molecule has 2 amide bonds. The number of esters is 1. The third-order valence-corrected chi connectivity index (χ3v) is 5.45. The number of amides is 2. The van der Waals surface area contributed by atoms with E-state index in [0.717, 1.165) is 19.4 Å². The van der Waals surface area contributed by atoms with E-state index in [4.69, 9.17) is 4.74 Å². The Balaban J connectivity index is 1.72. The number of hydrogen-bond donors (Lipinski definition) is 0. The van der Waals surface area contributed by atoms with E-state index in [2.05, 4.69) is 13.8 Å². The van der Waals surface area contributed by atoms with E-state index >= 15 is 0 Å². The first-order chi connectivity index (χ1) is 12.9. The van der Waals surface area contributed by atoms with Crippen LogP contribution in [-0.4, -0.2) is 48.4 Å². The Morgan fingerprint density at radius 2 is 1.93 bits per heavy atom. The zero-order chi connectivity index (χ0) is 19.6. The highest BCUT2D eigenvalue weighted by atomic mass is 16.5. The molecule has 0 bridgehead atoms. The first-order valence-electron chi connectivity index (χ1n) is 9.79. The third kappa shape index (κ3) is 4.05. The lowest BCUT2D eigenvalue weighted by Gasteiger charge is -2.34. The van der Waals surface area contributed by atoms with Gasteiger partial charge in [0.2, 0.25) is 5.91 Å². The van der Waals surface area contributed by atoms with Crippen LogP contribution in [0.3, 0.4) is 0 Å². The SMILES string of the molecule is CCOC(=O)[C@H]1CCCN([C@@H]2CC(=O)N(c3ccc(C(C)C)cc3)C2=O)C1. The lowest BCUT2D eigenvalue weighted by Crippen LogP contribution is -2.48. The van der Waals surface area contributed by atoms with Crippen molar-refractivity contribution in [2.24, 2.45) is 5.92 Å². The van der Waals surface area contributed by atoms with Crippen molar-refractivity contribution in [3.63, 3.8) is 0 Å². The van der Waals surface area contributed by atoms with Crippen molar-refractivity contribution < 1.29 is 19.1 Å². The van der Waals surface area contributed by atoms with Crippen molar-refractivity contribution in [1.82, 2.24) is 4.90 Å². The predicted molar refractivity (Wildman–Crippen MR) is 102 cm³/mol. The summed E-state index contributed by atoms with van der Waals surface area (Å²) in [5, 5.41) is 0. The van der Waals surface area contributed by atoms with Crippen molar-refractivity contribution in [2.45, 2.75) is 52.0 Å². The van der Waals surface area contributed by atoms with Crippen molar-refractivity contribution in [2.75, 3.05) is 24.6 Å². The maximum absolute atomic E-state index is 13.0. The van der Waals surface area contributed by atoms with Crippen LogP contribution in [0.4, 0.5) is 5.69 Å². The zero-order valence-electron chi connectivity index (χ0n) is 16.3. The Morgan fingerprint density at radius 1 is 1.22 bits per heavy atom. The number of imide groups is 1. The third-order valence-electron chi connectivity index (χ3n) is 5.45. The molecule has 3 rings (SSSR count). The molecule has 0 aliphatic carbocycles. The molecule has 2 saturated heterocycles. The highest BCUT2D eigenvalue weighted by molar-refractivity contribution is 6.22. The molecule has 1 aromatic rings. The Hall–Kier alpha value is -2.21. The highest BCUT2D eigenvalue weighted by Crippen LogP contribution is 2.30. The monoisotopic (exact) mass is 372 g/mol. The number of rotatable bonds is 5. The molecule has 2 heterocycles. The van der Waals surface area contributed by atoms with Crippen LogP contribution in [0.5, 0.6) is 0 Å². The molecule has 2 aliphatic rings. The number of carbonyl (C=O) groups is 3. The Kier molecular flexibility index (Phi) is 5.95. The van der Waals surface area contributed by atoms with Crippen LogP contribution in [0.25, 0.3) is 0 Å². The molecule has 146 valence electrons. The van der Waals surface area contributed by atoms with Gasteiger partial charge in [0.25, 0.3) is 5.91 Å². The second-order valence-corrected chi connectivity index (χ2v) is 7.62. The molecule has 6 heteroatoms. The molecule has 0 unspecified atom stereocenters. The first-order valence-corrected chi connectivity index (χ1v) is 9.79. The van der Waals surface area contributed by atoms with Gasteiger partial charge in [0.15, 0.2) is 0 Å². The summed E-state index contributed by atoms with van der Waals surface area (Å²) in [5.41, 5.74) is 1.79. The maximum Gasteiger partial charge on any atom is 0.310 e. The average molecular weight is 372 g/mol. The van der Waals surface area contributed by atoms with Crippen LogP contribution in [0.15, 0.2) is 24.3 Å². The normalized spacial score (nSPS) is 23.9. The van der Waals surface area contributed by atoms with Crippen molar-refractivity contribution in [3.8, 4) is 0 Å². The molecular formula is C21H28N2O4. The van der Waals surface area contributed by atoms with Gasteiger partial charge in [-0.15, -0.1) is 0 Å². The van der Waals surface area contributed by atoms with Gasteiger partial charge >= 0.3 is 5.97 Å². The quantitative estimate of drug-likeness (QED) is 0.587. The van der Waals surface area contributed by atoms with E-state index in [9.17, 15) is 14.4 Å². The highest BCUT2D eigenvalue weighted by Gasteiger charge is 2.44. The summed E-state index contributed by atoms with van der Waals surface area (Å²) in [6.45, 7) is 7.56. The van der Waals surface area contributed by atoms with Crippen LogP contribution in [0.2, 0.25) is 0 Å². The second-order valence-electron chi connectivity index (χ2n) is 7.62. The molecule has 1 aromatic carbocycles. The smallest absolute Gasteiger partial charge is 0.310 e. The summed E-state index contributed by atoms with van der Waals surface area (Å²) >= 11 is 0. The van der Waals surface area contributed by atoms with E-state index in [1.54, 1.807) is 6.92 Å². The first kappa shape index (κ1) is 19.5. The Labute approximate surface area is 160 Å². The molecule has 0 radical (unpaired) electrons. The Bertz CT molecular complexity index is 713. The fourth-order valence-corrected chi connectivity index (χ4v) is 3.92. The number of carbonyl (C=O) groups excluding carboxylic acids is 3. The number of likely N-dealkylation sites (tertiary alicyclic amines) is 1. The molecule has 0 aromatic heterocycles. The predicted octanol–water partition coefficient (Wildman–Crippen LogP) is 2.72. The minimum atomic E-state index is -0.487. The lowest BCUT2D eigenvalue weighted by atomic mass is 9.96. The molecule has 0 spiro atoms. The molecular weight excluding hydrogens is 344 g/mol. The van der Waals surface area contributed by atoms with E-state index in [0.29, 0.717) is 24.8 Å². The standard InChI is InChI=1S/C21H28N2O4/c1-4-27-21(26)16-6-5-11-22(13-16)18-12-19(24)23(20(18)25)17-9-7-15(8-10-17)14(2)3/h7-10,14,16,18H,4-6,11-13H2,1-3H3/t16-,18+/m0/s1. The summed E-state index contributed by atoms with van der Waals surface area (Å²) in [6.07, 6.45) is 1.76. The molecule has 27 heavy (non-hydrogen) atoms. The van der Waals surface area contributed by atoms with Crippen LogP contribution in [-0.2, 0) is 19.1 Å². The molecule has 6 nitrogen and oxygen atoms in total. The number of ether oxygens (including phenoxy) is 1. The number of nitrogens with zero attached hydrogens (tertiary/aromatic N) is 2. The van der Waals surface area contributed by atoms with Gasteiger partial charge in [0.1, 0.15) is 0 Å². The Morgan fingerprint density at radius 3 is 2.56 bits per heavy atom. The summed E-state index contributed by atoms with van der Waals surface area (Å²) in [5.74, 6) is -0.409. The molecule has 2 aliphatic heterocycles. The van der Waals surface area contributed by atoms with Gasteiger partial charge in [-0.05, 0) is 49.9 Å². The van der Waals surface area contributed by atoms with Crippen LogP contribution in [0, 0.1) is 5.92 Å². The molecule has 2 fully saturated rings. The lowest BCUT2D eigenvalue weighted by molar-refractivity contribution is -0.150. The summed E-state index contributed by atoms with van der Waals surface area (Å²) in [4.78, 5) is 40.9. The number of anilines is 1. The van der Waals surface area contributed by atoms with E-state index < -0.39 is 6.04 Å². The fraction of sp³-hybridized carbons (Fsp3) is 0.571. The van der Waals surface area contributed by atoms with E-state index in [-0.39, 0.29) is 30.1 Å². The van der Waals surface area contributed by atoms with Crippen LogP contribution < -0.4 is 4.90 Å². The number of hydrogen-bond acceptors (Lipinski definition) is 5. The summed E-state index contributed by atoms with van der Waals surface area (Å²) in [6, 6.07) is 7.12. The van der Waals surface area contributed by atoms with Crippen molar-refractivity contribution in [3.05, 3.63) is 29.8 Å². The second kappa shape index (κ2) is 8.21. The summed E-state index contributed by atoms with van der Waals surface area (Å²) < 4.78 is 5.13. The van der Waals surface area contributed by atoms with Gasteiger partial charge < -0.3 is 4.74 Å². The van der Waals surface area contributed by atoms with Gasteiger partial charge in [0, 0.05) is 6.54 Å². The molecule has 2 atom stereocenters. The minimum absolute atomic E-state index is 0.167.